The van der Waals surface area contributed by atoms with Crippen molar-refractivity contribution in [2.24, 2.45) is 0 Å². The van der Waals surface area contributed by atoms with Gasteiger partial charge in [0.1, 0.15) is 0 Å². The van der Waals surface area contributed by atoms with Gasteiger partial charge in [-0.25, -0.2) is 0 Å². The van der Waals surface area contributed by atoms with Gasteiger partial charge >= 0.3 is 0 Å². The number of nitrogens with zero attached hydrogens (tertiary/aromatic N) is 1. The van der Waals surface area contributed by atoms with Crippen LogP contribution in [0.25, 0.3) is 0 Å². The van der Waals surface area contributed by atoms with Crippen LogP contribution in [0.1, 0.15) is 31.9 Å². The van der Waals surface area contributed by atoms with E-state index in [2.05, 4.69) is 29.9 Å². The molecule has 0 aliphatic rings. The van der Waals surface area contributed by atoms with Crippen LogP contribution in [0.3, 0.4) is 0 Å². The SMILES string of the molecule is C=CCCC(CC)NCCc1ccccn1. The first-order valence-electron chi connectivity index (χ1n) is 6.11. The maximum Gasteiger partial charge on any atom is 0.0416 e. The summed E-state index contributed by atoms with van der Waals surface area (Å²) in [6, 6.07) is 6.68. The van der Waals surface area contributed by atoms with Gasteiger partial charge in [0.25, 0.3) is 0 Å². The van der Waals surface area contributed by atoms with Gasteiger partial charge in [0.2, 0.25) is 0 Å². The van der Waals surface area contributed by atoms with Gasteiger partial charge in [-0.2, -0.15) is 0 Å². The summed E-state index contributed by atoms with van der Waals surface area (Å²) >= 11 is 0. The van der Waals surface area contributed by atoms with Crippen LogP contribution in [0, 0.1) is 0 Å². The molecule has 1 unspecified atom stereocenters. The minimum absolute atomic E-state index is 0.613. The standard InChI is InChI=1S/C14H22N2/c1-3-5-8-13(4-2)16-12-10-14-9-6-7-11-15-14/h3,6-7,9,11,13,16H,1,4-5,8,10,12H2,2H3. The fourth-order valence-electron chi connectivity index (χ4n) is 1.72. The van der Waals surface area contributed by atoms with E-state index < -0.39 is 0 Å². The van der Waals surface area contributed by atoms with Gasteiger partial charge in [-0.05, 0) is 31.4 Å². The second kappa shape index (κ2) is 8.05. The molecular weight excluding hydrogens is 196 g/mol. The first-order chi connectivity index (χ1) is 7.86. The monoisotopic (exact) mass is 218 g/mol. The molecule has 0 saturated heterocycles. The van der Waals surface area contributed by atoms with E-state index in [0.29, 0.717) is 6.04 Å². The van der Waals surface area contributed by atoms with Gasteiger partial charge in [-0.1, -0.05) is 19.1 Å². The number of pyridine rings is 1. The molecule has 2 heteroatoms. The molecule has 1 rings (SSSR count). The fourth-order valence-corrected chi connectivity index (χ4v) is 1.72. The van der Waals surface area contributed by atoms with E-state index in [1.165, 1.54) is 12.8 Å². The molecule has 2 nitrogen and oxygen atoms in total. The Hall–Kier alpha value is -1.15. The third-order valence-electron chi connectivity index (χ3n) is 2.75. The summed E-state index contributed by atoms with van der Waals surface area (Å²) in [5.74, 6) is 0. The lowest BCUT2D eigenvalue weighted by molar-refractivity contribution is 0.473. The zero-order chi connectivity index (χ0) is 11.6. The minimum atomic E-state index is 0.613. The van der Waals surface area contributed by atoms with Crippen molar-refractivity contribution in [3.05, 3.63) is 42.7 Å². The van der Waals surface area contributed by atoms with Crippen molar-refractivity contribution in [1.29, 1.82) is 0 Å². The van der Waals surface area contributed by atoms with Crippen LogP contribution in [0.5, 0.6) is 0 Å². The summed E-state index contributed by atoms with van der Waals surface area (Å²) in [4.78, 5) is 4.31. The summed E-state index contributed by atoms with van der Waals surface area (Å²) in [6.45, 7) is 6.99. The van der Waals surface area contributed by atoms with Gasteiger partial charge < -0.3 is 5.32 Å². The van der Waals surface area contributed by atoms with Crippen LogP contribution < -0.4 is 5.32 Å². The van der Waals surface area contributed by atoms with Gasteiger partial charge in [-0.3, -0.25) is 4.98 Å². The van der Waals surface area contributed by atoms with Gasteiger partial charge in [0, 0.05) is 30.9 Å². The van der Waals surface area contributed by atoms with Gasteiger partial charge in [-0.15, -0.1) is 6.58 Å². The molecule has 1 aromatic rings. The molecule has 0 aliphatic carbocycles. The highest BCUT2D eigenvalue weighted by Crippen LogP contribution is 2.02. The average molecular weight is 218 g/mol. The Balaban J connectivity index is 2.20. The van der Waals surface area contributed by atoms with E-state index in [1.54, 1.807) is 0 Å². The Kier molecular flexibility index (Phi) is 6.50. The van der Waals surface area contributed by atoms with E-state index in [4.69, 9.17) is 0 Å². The maximum atomic E-state index is 4.31. The molecule has 0 aliphatic heterocycles. The smallest absolute Gasteiger partial charge is 0.0416 e. The zero-order valence-corrected chi connectivity index (χ0v) is 10.2. The van der Waals surface area contributed by atoms with E-state index in [-0.39, 0.29) is 0 Å². The van der Waals surface area contributed by atoms with Crippen molar-refractivity contribution < 1.29 is 0 Å². The number of hydrogen-bond donors (Lipinski definition) is 1. The number of allylic oxidation sites excluding steroid dienone is 1. The average Bonchev–Trinajstić information content (AvgIpc) is 2.35. The van der Waals surface area contributed by atoms with Crippen molar-refractivity contribution >= 4 is 0 Å². The fraction of sp³-hybridized carbons (Fsp3) is 0.500. The highest BCUT2D eigenvalue weighted by molar-refractivity contribution is 5.03. The molecule has 88 valence electrons. The number of nitrogens with one attached hydrogen (secondary N) is 1. The summed E-state index contributed by atoms with van der Waals surface area (Å²) < 4.78 is 0. The van der Waals surface area contributed by atoms with Crippen LogP contribution in [0.4, 0.5) is 0 Å². The molecule has 0 bridgehead atoms. The number of aromatic nitrogens is 1. The normalized spacial score (nSPS) is 12.3. The maximum absolute atomic E-state index is 4.31. The van der Waals surface area contributed by atoms with Crippen LogP contribution in [0.2, 0.25) is 0 Å². The Morgan fingerprint density at radius 2 is 2.38 bits per heavy atom. The molecule has 1 N–H and O–H groups in total. The van der Waals surface area contributed by atoms with E-state index >= 15 is 0 Å². The molecule has 1 aromatic heterocycles. The Morgan fingerprint density at radius 3 is 3.00 bits per heavy atom. The molecule has 0 spiro atoms. The summed E-state index contributed by atoms with van der Waals surface area (Å²) in [7, 11) is 0. The minimum Gasteiger partial charge on any atom is -0.314 e. The lowest BCUT2D eigenvalue weighted by Gasteiger charge is -2.15. The van der Waals surface area contributed by atoms with Crippen molar-refractivity contribution in [1.82, 2.24) is 10.3 Å². The predicted molar refractivity (Wildman–Crippen MR) is 69.5 cm³/mol. The quantitative estimate of drug-likeness (QED) is 0.679. The molecule has 1 heterocycles. The Bertz CT molecular complexity index is 282. The van der Waals surface area contributed by atoms with Crippen LogP contribution in [0.15, 0.2) is 37.1 Å². The first-order valence-corrected chi connectivity index (χ1v) is 6.11. The van der Waals surface area contributed by atoms with Crippen molar-refractivity contribution in [2.45, 2.75) is 38.6 Å². The molecular formula is C14H22N2. The van der Waals surface area contributed by atoms with Crippen molar-refractivity contribution in [2.75, 3.05) is 6.54 Å². The molecule has 0 fully saturated rings. The summed E-state index contributed by atoms with van der Waals surface area (Å²) in [5, 5.41) is 3.56. The van der Waals surface area contributed by atoms with E-state index in [0.717, 1.165) is 25.1 Å². The van der Waals surface area contributed by atoms with E-state index in [9.17, 15) is 0 Å². The van der Waals surface area contributed by atoms with Crippen LogP contribution in [-0.2, 0) is 6.42 Å². The number of hydrogen-bond acceptors (Lipinski definition) is 2. The molecule has 1 atom stereocenters. The Labute approximate surface area is 98.8 Å². The predicted octanol–water partition coefficient (Wildman–Crippen LogP) is 2.96. The van der Waals surface area contributed by atoms with Gasteiger partial charge in [0.05, 0.1) is 0 Å². The largest absolute Gasteiger partial charge is 0.314 e. The zero-order valence-electron chi connectivity index (χ0n) is 10.2. The summed E-state index contributed by atoms with van der Waals surface area (Å²) in [5.41, 5.74) is 1.16. The van der Waals surface area contributed by atoms with E-state index in [1.807, 2.05) is 24.4 Å². The van der Waals surface area contributed by atoms with Crippen molar-refractivity contribution in [3.8, 4) is 0 Å². The first kappa shape index (κ1) is 12.9. The molecule has 0 radical (unpaired) electrons. The topological polar surface area (TPSA) is 24.9 Å². The molecule has 0 aromatic carbocycles. The molecule has 0 amide bonds. The van der Waals surface area contributed by atoms with Crippen LogP contribution in [-0.4, -0.2) is 17.6 Å². The lowest BCUT2D eigenvalue weighted by atomic mass is 10.1. The highest BCUT2D eigenvalue weighted by Gasteiger charge is 2.03. The molecule has 0 saturated carbocycles. The third kappa shape index (κ3) is 5.08. The molecule has 16 heavy (non-hydrogen) atoms. The number of rotatable bonds is 8. The van der Waals surface area contributed by atoms with Gasteiger partial charge in [0.15, 0.2) is 0 Å². The Morgan fingerprint density at radius 1 is 1.50 bits per heavy atom. The van der Waals surface area contributed by atoms with Crippen molar-refractivity contribution in [3.63, 3.8) is 0 Å². The highest BCUT2D eigenvalue weighted by atomic mass is 14.9. The van der Waals surface area contributed by atoms with Crippen LogP contribution >= 0.6 is 0 Å². The summed E-state index contributed by atoms with van der Waals surface area (Å²) in [6.07, 6.45) is 8.30. The lowest BCUT2D eigenvalue weighted by Crippen LogP contribution is -2.30. The second-order valence-electron chi connectivity index (χ2n) is 4.00. The third-order valence-corrected chi connectivity index (χ3v) is 2.75. The second-order valence-corrected chi connectivity index (χ2v) is 4.00.